The minimum atomic E-state index is 0.00409. The third-order valence-electron chi connectivity index (χ3n) is 2.48. The van der Waals surface area contributed by atoms with Crippen molar-refractivity contribution in [2.75, 3.05) is 13.7 Å². The number of carbonyl (C=O) groups is 1. The Morgan fingerprint density at radius 3 is 2.94 bits per heavy atom. The molecule has 1 aromatic rings. The van der Waals surface area contributed by atoms with E-state index in [9.17, 15) is 4.79 Å². The number of nitrogens with one attached hydrogen (secondary N) is 1. The Hall–Kier alpha value is -1.55. The van der Waals surface area contributed by atoms with Crippen molar-refractivity contribution < 1.29 is 9.53 Å². The van der Waals surface area contributed by atoms with E-state index in [0.717, 1.165) is 11.3 Å². The van der Waals surface area contributed by atoms with Gasteiger partial charge in [0.2, 0.25) is 5.91 Å². The van der Waals surface area contributed by atoms with Crippen LogP contribution in [0.4, 0.5) is 0 Å². The van der Waals surface area contributed by atoms with E-state index >= 15 is 0 Å². The zero-order valence-corrected chi connectivity index (χ0v) is 10.4. The molecule has 0 saturated heterocycles. The first-order valence-electron chi connectivity index (χ1n) is 5.82. The van der Waals surface area contributed by atoms with Gasteiger partial charge in [0.05, 0.1) is 6.61 Å². The van der Waals surface area contributed by atoms with Crippen LogP contribution in [-0.2, 0) is 4.79 Å². The van der Waals surface area contributed by atoms with Crippen molar-refractivity contribution in [3.63, 3.8) is 0 Å². The first-order valence-corrected chi connectivity index (χ1v) is 5.82. The summed E-state index contributed by atoms with van der Waals surface area (Å²) in [6, 6.07) is 7.73. The van der Waals surface area contributed by atoms with Crippen molar-refractivity contribution >= 4 is 5.91 Å². The lowest BCUT2D eigenvalue weighted by molar-refractivity contribution is -0.120. The van der Waals surface area contributed by atoms with Gasteiger partial charge in [-0.15, -0.1) is 0 Å². The van der Waals surface area contributed by atoms with Crippen LogP contribution in [0, 0.1) is 0 Å². The van der Waals surface area contributed by atoms with Gasteiger partial charge in [0.25, 0.3) is 0 Å². The molecule has 17 heavy (non-hydrogen) atoms. The Bertz CT molecular complexity index is 364. The highest BCUT2D eigenvalue weighted by Crippen LogP contribution is 2.17. The van der Waals surface area contributed by atoms with Gasteiger partial charge >= 0.3 is 0 Å². The van der Waals surface area contributed by atoms with Crippen LogP contribution in [-0.4, -0.2) is 19.6 Å². The first-order chi connectivity index (χ1) is 8.13. The number of ether oxygens (including phenoxy) is 1. The quantitative estimate of drug-likeness (QED) is 0.737. The molecule has 1 unspecified atom stereocenters. The monoisotopic (exact) mass is 236 g/mol. The first kappa shape index (κ1) is 13.5. The highest BCUT2D eigenvalue weighted by molar-refractivity contribution is 5.75. The van der Waals surface area contributed by atoms with Crippen LogP contribution in [0.2, 0.25) is 0 Å². The van der Waals surface area contributed by atoms with Gasteiger partial charge in [0.15, 0.2) is 0 Å². The molecule has 0 aliphatic heterocycles. The molecule has 0 fully saturated rings. The molecular weight excluding hydrogens is 216 g/mol. The van der Waals surface area contributed by atoms with E-state index in [4.69, 9.17) is 10.5 Å². The second-order valence-electron chi connectivity index (χ2n) is 3.99. The van der Waals surface area contributed by atoms with Gasteiger partial charge in [-0.1, -0.05) is 12.1 Å². The topological polar surface area (TPSA) is 64.3 Å². The molecule has 0 spiro atoms. The molecule has 1 atom stereocenters. The molecule has 94 valence electrons. The lowest BCUT2D eigenvalue weighted by atomic mass is 10.1. The van der Waals surface area contributed by atoms with E-state index in [0.29, 0.717) is 19.4 Å². The van der Waals surface area contributed by atoms with Gasteiger partial charge in [-0.05, 0) is 31.0 Å². The largest absolute Gasteiger partial charge is 0.494 e. The highest BCUT2D eigenvalue weighted by Gasteiger charge is 2.02. The van der Waals surface area contributed by atoms with Gasteiger partial charge in [0.1, 0.15) is 5.75 Å². The lowest BCUT2D eigenvalue weighted by Crippen LogP contribution is -2.18. The van der Waals surface area contributed by atoms with E-state index in [1.54, 1.807) is 7.05 Å². The van der Waals surface area contributed by atoms with E-state index in [1.807, 2.05) is 31.2 Å². The molecule has 4 heteroatoms. The number of benzene rings is 1. The van der Waals surface area contributed by atoms with Crippen LogP contribution in [0.15, 0.2) is 24.3 Å². The van der Waals surface area contributed by atoms with Crippen molar-refractivity contribution in [3.05, 3.63) is 29.8 Å². The maximum absolute atomic E-state index is 11.0. The predicted molar refractivity (Wildman–Crippen MR) is 67.8 cm³/mol. The van der Waals surface area contributed by atoms with E-state index in [1.165, 1.54) is 0 Å². The van der Waals surface area contributed by atoms with Crippen molar-refractivity contribution in [2.45, 2.75) is 25.8 Å². The Balaban J connectivity index is 2.36. The Morgan fingerprint density at radius 2 is 2.29 bits per heavy atom. The minimum absolute atomic E-state index is 0.00409. The summed E-state index contributed by atoms with van der Waals surface area (Å²) in [5.41, 5.74) is 6.84. The summed E-state index contributed by atoms with van der Waals surface area (Å²) < 4.78 is 5.56. The van der Waals surface area contributed by atoms with Crippen LogP contribution >= 0.6 is 0 Å². The molecule has 0 aromatic heterocycles. The lowest BCUT2D eigenvalue weighted by Gasteiger charge is -2.09. The second kappa shape index (κ2) is 6.91. The van der Waals surface area contributed by atoms with Crippen molar-refractivity contribution in [2.24, 2.45) is 5.73 Å². The van der Waals surface area contributed by atoms with Crippen molar-refractivity contribution in [1.82, 2.24) is 5.32 Å². The SMILES string of the molecule is CNC(=O)CCCOc1cccc(C(C)N)c1. The molecule has 0 aliphatic carbocycles. The summed E-state index contributed by atoms with van der Waals surface area (Å²) in [5.74, 6) is 0.842. The van der Waals surface area contributed by atoms with Crippen LogP contribution in [0.1, 0.15) is 31.4 Å². The number of hydrogen-bond acceptors (Lipinski definition) is 3. The maximum Gasteiger partial charge on any atom is 0.219 e. The molecule has 1 rings (SSSR count). The van der Waals surface area contributed by atoms with E-state index < -0.39 is 0 Å². The molecule has 0 heterocycles. The van der Waals surface area contributed by atoms with Crippen molar-refractivity contribution in [1.29, 1.82) is 0 Å². The van der Waals surface area contributed by atoms with Crippen LogP contribution in [0.3, 0.4) is 0 Å². The zero-order chi connectivity index (χ0) is 12.7. The van der Waals surface area contributed by atoms with Gasteiger partial charge in [-0.25, -0.2) is 0 Å². The van der Waals surface area contributed by atoms with E-state index in [2.05, 4.69) is 5.32 Å². The van der Waals surface area contributed by atoms with Gasteiger partial charge in [0, 0.05) is 19.5 Å². The molecule has 0 aliphatic rings. The van der Waals surface area contributed by atoms with Gasteiger partial charge in [-0.2, -0.15) is 0 Å². The zero-order valence-electron chi connectivity index (χ0n) is 10.4. The number of hydrogen-bond donors (Lipinski definition) is 2. The summed E-state index contributed by atoms with van der Waals surface area (Å²) in [6.45, 7) is 2.47. The second-order valence-corrected chi connectivity index (χ2v) is 3.99. The normalized spacial score (nSPS) is 11.9. The summed E-state index contributed by atoms with van der Waals surface area (Å²) in [5, 5.41) is 2.58. The number of amides is 1. The number of nitrogens with two attached hydrogens (primary N) is 1. The van der Waals surface area contributed by atoms with Crippen molar-refractivity contribution in [3.8, 4) is 5.75 Å². The summed E-state index contributed by atoms with van der Waals surface area (Å²) in [4.78, 5) is 11.0. The number of carbonyl (C=O) groups excluding carboxylic acids is 1. The fraction of sp³-hybridized carbons (Fsp3) is 0.462. The standard InChI is InChI=1S/C13H20N2O2/c1-10(14)11-5-3-6-12(9-11)17-8-4-7-13(16)15-2/h3,5-6,9-10H,4,7-8,14H2,1-2H3,(H,15,16). The third-order valence-corrected chi connectivity index (χ3v) is 2.48. The summed E-state index contributed by atoms with van der Waals surface area (Å²) >= 11 is 0. The van der Waals surface area contributed by atoms with Crippen LogP contribution < -0.4 is 15.8 Å². The molecule has 0 radical (unpaired) electrons. The smallest absolute Gasteiger partial charge is 0.219 e. The van der Waals surface area contributed by atoms with Gasteiger partial charge in [-0.3, -0.25) is 4.79 Å². The Labute approximate surface area is 102 Å². The fourth-order valence-corrected chi connectivity index (χ4v) is 1.44. The molecule has 1 amide bonds. The average molecular weight is 236 g/mol. The summed E-state index contributed by atoms with van der Waals surface area (Å²) in [6.07, 6.45) is 1.20. The Morgan fingerprint density at radius 1 is 1.53 bits per heavy atom. The Kier molecular flexibility index (Phi) is 5.49. The number of rotatable bonds is 6. The maximum atomic E-state index is 11.0. The summed E-state index contributed by atoms with van der Waals surface area (Å²) in [7, 11) is 1.63. The van der Waals surface area contributed by atoms with E-state index in [-0.39, 0.29) is 11.9 Å². The van der Waals surface area contributed by atoms with Crippen LogP contribution in [0.25, 0.3) is 0 Å². The van der Waals surface area contributed by atoms with Crippen LogP contribution in [0.5, 0.6) is 5.75 Å². The average Bonchev–Trinajstić information content (AvgIpc) is 2.34. The third kappa shape index (κ3) is 4.87. The molecule has 0 saturated carbocycles. The fourth-order valence-electron chi connectivity index (χ4n) is 1.44. The molecule has 3 N–H and O–H groups in total. The molecule has 1 aromatic carbocycles. The molecular formula is C13H20N2O2. The molecule has 4 nitrogen and oxygen atoms in total. The predicted octanol–water partition coefficient (Wildman–Crippen LogP) is 1.61. The minimum Gasteiger partial charge on any atom is -0.494 e. The van der Waals surface area contributed by atoms with Gasteiger partial charge < -0.3 is 15.8 Å². The highest BCUT2D eigenvalue weighted by atomic mass is 16.5. The molecule has 0 bridgehead atoms.